The van der Waals surface area contributed by atoms with Gasteiger partial charge in [-0.1, -0.05) is 30.3 Å². The molecule has 1 aromatic rings. The third-order valence-electron chi connectivity index (χ3n) is 3.71. The van der Waals surface area contributed by atoms with Gasteiger partial charge in [-0.3, -0.25) is 14.5 Å². The van der Waals surface area contributed by atoms with Gasteiger partial charge in [-0.2, -0.15) is 0 Å². The van der Waals surface area contributed by atoms with Crippen LogP contribution in [0.15, 0.2) is 30.3 Å². The summed E-state index contributed by atoms with van der Waals surface area (Å²) < 4.78 is 0. The summed E-state index contributed by atoms with van der Waals surface area (Å²) in [6, 6.07) is 9.14. The molecule has 1 aliphatic heterocycles. The summed E-state index contributed by atoms with van der Waals surface area (Å²) in [4.78, 5) is 22.9. The molecule has 22 heavy (non-hydrogen) atoms. The van der Waals surface area contributed by atoms with Gasteiger partial charge in [-0.15, -0.1) is 0 Å². The summed E-state index contributed by atoms with van der Waals surface area (Å²) >= 11 is 0. The molecule has 0 bridgehead atoms. The number of likely N-dealkylation sites (tertiary alicyclic amines) is 1. The first-order chi connectivity index (χ1) is 10.2. The van der Waals surface area contributed by atoms with Crippen molar-refractivity contribution in [1.82, 2.24) is 4.90 Å². The molecule has 6 nitrogen and oxygen atoms in total. The van der Waals surface area contributed by atoms with Crippen molar-refractivity contribution in [1.29, 1.82) is 0 Å². The van der Waals surface area contributed by atoms with Crippen LogP contribution in [0.5, 0.6) is 0 Å². The lowest BCUT2D eigenvalue weighted by atomic mass is 9.94. The Labute approximate surface area is 130 Å². The molecule has 0 saturated carbocycles. The summed E-state index contributed by atoms with van der Waals surface area (Å²) in [5, 5.41) is 17.3. The van der Waals surface area contributed by atoms with Gasteiger partial charge < -0.3 is 15.9 Å². The van der Waals surface area contributed by atoms with Crippen LogP contribution < -0.4 is 5.73 Å². The maximum atomic E-state index is 10.7. The fraction of sp³-hybridized carbons (Fsp3) is 0.500. The Bertz CT molecular complexity index is 502. The van der Waals surface area contributed by atoms with Gasteiger partial charge >= 0.3 is 11.9 Å². The first-order valence-electron chi connectivity index (χ1n) is 7.23. The largest absolute Gasteiger partial charge is 0.480 e. The number of nitrogens with two attached hydrogens (primary N) is 1. The number of likely N-dealkylation sites (N-methyl/N-ethyl adjacent to an activating group) is 1. The van der Waals surface area contributed by atoms with Crippen molar-refractivity contribution < 1.29 is 19.8 Å². The maximum absolute atomic E-state index is 10.7. The van der Waals surface area contributed by atoms with Crippen molar-refractivity contribution in [3.63, 3.8) is 0 Å². The number of rotatable bonds is 4. The van der Waals surface area contributed by atoms with Crippen molar-refractivity contribution in [2.24, 2.45) is 5.73 Å². The Morgan fingerprint density at radius 3 is 2.27 bits per heavy atom. The maximum Gasteiger partial charge on any atom is 0.323 e. The molecular weight excluding hydrogens is 284 g/mol. The standard InChI is InChI=1S/C10H13NO2.C6H11NO2/c1-10(11,9(12)13)7-8-5-3-2-4-6-8;1-7-4-2-3-5(7)6(8)9/h2-6H,7,11H2,1H3,(H,12,13);5H,2-4H2,1H3,(H,8,9)/t10-;5-/m00/s1. The van der Waals surface area contributed by atoms with Gasteiger partial charge in [0.2, 0.25) is 0 Å². The second kappa shape index (κ2) is 7.91. The topological polar surface area (TPSA) is 104 Å². The third-order valence-corrected chi connectivity index (χ3v) is 3.71. The third kappa shape index (κ3) is 5.46. The molecule has 0 aromatic heterocycles. The Kier molecular flexibility index (Phi) is 6.52. The van der Waals surface area contributed by atoms with Crippen molar-refractivity contribution in [3.05, 3.63) is 35.9 Å². The second-order valence-electron chi connectivity index (χ2n) is 5.86. The Balaban J connectivity index is 0.000000235. The van der Waals surface area contributed by atoms with E-state index >= 15 is 0 Å². The highest BCUT2D eigenvalue weighted by Crippen LogP contribution is 2.14. The van der Waals surface area contributed by atoms with E-state index in [2.05, 4.69) is 0 Å². The van der Waals surface area contributed by atoms with Crippen LogP contribution in [0.1, 0.15) is 25.3 Å². The minimum absolute atomic E-state index is 0.218. The Morgan fingerprint density at radius 1 is 1.32 bits per heavy atom. The van der Waals surface area contributed by atoms with Gasteiger partial charge in [0.25, 0.3) is 0 Å². The zero-order valence-electron chi connectivity index (χ0n) is 13.0. The van der Waals surface area contributed by atoms with Crippen LogP contribution in [-0.2, 0) is 16.0 Å². The molecule has 1 aliphatic rings. The van der Waals surface area contributed by atoms with Crippen LogP contribution >= 0.6 is 0 Å². The molecule has 6 heteroatoms. The van der Waals surface area contributed by atoms with Crippen LogP contribution in [-0.4, -0.2) is 52.2 Å². The van der Waals surface area contributed by atoms with E-state index in [-0.39, 0.29) is 6.04 Å². The van der Waals surface area contributed by atoms with E-state index in [4.69, 9.17) is 15.9 Å². The van der Waals surface area contributed by atoms with E-state index in [1.165, 1.54) is 6.92 Å². The molecule has 2 atom stereocenters. The highest BCUT2D eigenvalue weighted by Gasteiger charge is 2.28. The monoisotopic (exact) mass is 308 g/mol. The van der Waals surface area contributed by atoms with Gasteiger partial charge in [-0.05, 0) is 38.9 Å². The first kappa shape index (κ1) is 18.1. The van der Waals surface area contributed by atoms with E-state index in [1.807, 2.05) is 42.3 Å². The molecule has 122 valence electrons. The normalized spacial score (nSPS) is 20.6. The summed E-state index contributed by atoms with van der Waals surface area (Å²) in [6.45, 7) is 2.44. The summed E-state index contributed by atoms with van der Waals surface area (Å²) in [5.74, 6) is -1.66. The lowest BCUT2D eigenvalue weighted by Gasteiger charge is -2.18. The smallest absolute Gasteiger partial charge is 0.323 e. The molecule has 0 amide bonds. The molecule has 1 aromatic carbocycles. The number of hydrogen-bond acceptors (Lipinski definition) is 4. The van der Waals surface area contributed by atoms with Crippen LogP contribution in [0.2, 0.25) is 0 Å². The number of nitrogens with zero attached hydrogens (tertiary/aromatic N) is 1. The van der Waals surface area contributed by atoms with E-state index in [9.17, 15) is 9.59 Å². The summed E-state index contributed by atoms with van der Waals surface area (Å²) in [6.07, 6.45) is 2.18. The zero-order chi connectivity index (χ0) is 16.8. The predicted octanol–water partition coefficient (Wildman–Crippen LogP) is 1.20. The lowest BCUT2D eigenvalue weighted by Crippen LogP contribution is -2.46. The van der Waals surface area contributed by atoms with E-state index in [1.54, 1.807) is 0 Å². The first-order valence-corrected chi connectivity index (χ1v) is 7.23. The van der Waals surface area contributed by atoms with Crippen LogP contribution in [0.4, 0.5) is 0 Å². The number of carboxylic acids is 2. The number of benzene rings is 1. The van der Waals surface area contributed by atoms with Gasteiger partial charge in [0.05, 0.1) is 0 Å². The highest BCUT2D eigenvalue weighted by atomic mass is 16.4. The van der Waals surface area contributed by atoms with Crippen LogP contribution in [0, 0.1) is 0 Å². The molecule has 0 radical (unpaired) electrons. The van der Waals surface area contributed by atoms with E-state index < -0.39 is 17.5 Å². The van der Waals surface area contributed by atoms with Crippen molar-refractivity contribution in [3.8, 4) is 0 Å². The SMILES string of the molecule is CN1CCC[C@H]1C(=O)O.C[C@](N)(Cc1ccccc1)C(=O)O. The van der Waals surface area contributed by atoms with Gasteiger partial charge in [0.15, 0.2) is 0 Å². The minimum Gasteiger partial charge on any atom is -0.480 e. The zero-order valence-corrected chi connectivity index (χ0v) is 13.0. The highest BCUT2D eigenvalue weighted by molar-refractivity contribution is 5.78. The van der Waals surface area contributed by atoms with Crippen LogP contribution in [0.3, 0.4) is 0 Å². The molecule has 2 rings (SSSR count). The molecule has 1 saturated heterocycles. The molecule has 1 heterocycles. The number of hydrogen-bond donors (Lipinski definition) is 3. The van der Waals surface area contributed by atoms with Gasteiger partial charge in [0, 0.05) is 6.42 Å². The summed E-state index contributed by atoms with van der Waals surface area (Å²) in [5.41, 5.74) is 5.35. The quantitative estimate of drug-likeness (QED) is 0.772. The molecule has 0 aliphatic carbocycles. The molecular formula is C16H24N2O4. The Morgan fingerprint density at radius 2 is 1.91 bits per heavy atom. The average molecular weight is 308 g/mol. The molecule has 4 N–H and O–H groups in total. The van der Waals surface area contributed by atoms with Gasteiger partial charge in [-0.25, -0.2) is 0 Å². The fourth-order valence-electron chi connectivity index (χ4n) is 2.32. The average Bonchev–Trinajstić information content (AvgIpc) is 2.86. The minimum atomic E-state index is -1.18. The Hall–Kier alpha value is -1.92. The predicted molar refractivity (Wildman–Crippen MR) is 83.7 cm³/mol. The number of aliphatic carboxylic acids is 2. The van der Waals surface area contributed by atoms with Crippen molar-refractivity contribution in [2.45, 2.75) is 37.8 Å². The van der Waals surface area contributed by atoms with Gasteiger partial charge in [0.1, 0.15) is 11.6 Å². The van der Waals surface area contributed by atoms with Crippen molar-refractivity contribution in [2.75, 3.05) is 13.6 Å². The van der Waals surface area contributed by atoms with Crippen molar-refractivity contribution >= 4 is 11.9 Å². The lowest BCUT2D eigenvalue weighted by molar-refractivity contribution is -0.143. The second-order valence-corrected chi connectivity index (χ2v) is 5.86. The molecule has 0 unspecified atom stereocenters. The molecule has 0 spiro atoms. The molecule has 1 fully saturated rings. The van der Waals surface area contributed by atoms with E-state index in [0.717, 1.165) is 24.9 Å². The van der Waals surface area contributed by atoms with E-state index in [0.29, 0.717) is 6.42 Å². The number of carboxylic acid groups (broad SMARTS) is 2. The van der Waals surface area contributed by atoms with Crippen LogP contribution in [0.25, 0.3) is 0 Å². The summed E-state index contributed by atoms with van der Waals surface area (Å²) in [7, 11) is 1.85. The fourth-order valence-corrected chi connectivity index (χ4v) is 2.32. The number of carbonyl (C=O) groups is 2.